The lowest BCUT2D eigenvalue weighted by Crippen LogP contribution is -2.20. The number of hydrogen-bond donors (Lipinski definition) is 2. The Morgan fingerprint density at radius 2 is 2.29 bits per heavy atom. The van der Waals surface area contributed by atoms with Crippen LogP contribution in [0, 0.1) is 10.1 Å². The van der Waals surface area contributed by atoms with Gasteiger partial charge in [0.25, 0.3) is 0 Å². The summed E-state index contributed by atoms with van der Waals surface area (Å²) in [5, 5.41) is 23.5. The van der Waals surface area contributed by atoms with E-state index < -0.39 is 4.92 Å². The normalized spacial score (nSPS) is 20.3. The molecule has 2 atom stereocenters. The zero-order valence-corrected chi connectivity index (χ0v) is 15.0. The Labute approximate surface area is 149 Å². The summed E-state index contributed by atoms with van der Waals surface area (Å²) >= 11 is 7.41. The lowest BCUT2D eigenvalue weighted by Gasteiger charge is -2.15. The molecule has 8 nitrogen and oxygen atoms in total. The second kappa shape index (κ2) is 9.36. The molecule has 0 unspecified atom stereocenters. The van der Waals surface area contributed by atoms with Gasteiger partial charge in [-0.1, -0.05) is 30.3 Å². The molecule has 0 amide bonds. The number of hydrogen-bond acceptors (Lipinski definition) is 8. The number of aromatic nitrogens is 2. The molecule has 1 aliphatic carbocycles. The molecule has 0 radical (unpaired) electrons. The minimum Gasteiger partial charge on any atom is -0.394 e. The molecule has 0 saturated heterocycles. The summed E-state index contributed by atoms with van der Waals surface area (Å²) in [5.41, 5.74) is -0.294. The summed E-state index contributed by atoms with van der Waals surface area (Å²) in [6, 6.07) is 0.0161. The van der Waals surface area contributed by atoms with Gasteiger partial charge in [-0.15, -0.1) is 0 Å². The number of aliphatic hydroxyl groups excluding tert-OH is 1. The third-order valence-corrected chi connectivity index (χ3v) is 4.93. The average molecular weight is 377 g/mol. The molecule has 0 spiro atoms. The highest BCUT2D eigenvalue weighted by molar-refractivity contribution is 7.99. The molecule has 24 heavy (non-hydrogen) atoms. The zero-order chi connectivity index (χ0) is 17.5. The number of aliphatic hydroxyl groups is 1. The predicted octanol–water partition coefficient (Wildman–Crippen LogP) is 2.88. The van der Waals surface area contributed by atoms with Crippen LogP contribution >= 0.6 is 23.4 Å². The van der Waals surface area contributed by atoms with Crippen LogP contribution in [0.25, 0.3) is 0 Å². The fraction of sp³-hybridized carbons (Fsp3) is 0.714. The monoisotopic (exact) mass is 376 g/mol. The van der Waals surface area contributed by atoms with Gasteiger partial charge in [0, 0.05) is 11.8 Å². The molecule has 2 rings (SSSR count). The lowest BCUT2D eigenvalue weighted by atomic mass is 10.2. The summed E-state index contributed by atoms with van der Waals surface area (Å²) in [6.07, 6.45) is 3.34. The van der Waals surface area contributed by atoms with Crippen LogP contribution in [0.1, 0.15) is 32.6 Å². The molecule has 0 aliphatic heterocycles. The van der Waals surface area contributed by atoms with Gasteiger partial charge in [0.05, 0.1) is 24.2 Å². The van der Waals surface area contributed by atoms with Crippen molar-refractivity contribution in [3.8, 4) is 0 Å². The highest BCUT2D eigenvalue weighted by atomic mass is 35.5. The van der Waals surface area contributed by atoms with E-state index in [1.165, 1.54) is 11.8 Å². The summed E-state index contributed by atoms with van der Waals surface area (Å²) in [6.45, 7) is 2.32. The van der Waals surface area contributed by atoms with E-state index in [9.17, 15) is 10.1 Å². The van der Waals surface area contributed by atoms with Crippen LogP contribution < -0.4 is 5.32 Å². The Kier molecular flexibility index (Phi) is 7.47. The molecular weight excluding hydrogens is 356 g/mol. The smallest absolute Gasteiger partial charge is 0.348 e. The molecule has 1 aromatic rings. The largest absolute Gasteiger partial charge is 0.394 e. The zero-order valence-electron chi connectivity index (χ0n) is 13.4. The Balaban J connectivity index is 2.12. The van der Waals surface area contributed by atoms with Crippen LogP contribution in [-0.4, -0.2) is 51.1 Å². The molecule has 1 heterocycles. The van der Waals surface area contributed by atoms with E-state index in [0.717, 1.165) is 25.0 Å². The van der Waals surface area contributed by atoms with Crippen LogP contribution in [0.2, 0.25) is 5.15 Å². The Morgan fingerprint density at radius 3 is 2.96 bits per heavy atom. The van der Waals surface area contributed by atoms with Crippen LogP contribution in [0.5, 0.6) is 0 Å². The maximum Gasteiger partial charge on any atom is 0.348 e. The van der Waals surface area contributed by atoms with Crippen LogP contribution in [0.3, 0.4) is 0 Å². The van der Waals surface area contributed by atoms with Gasteiger partial charge in [0.15, 0.2) is 5.16 Å². The van der Waals surface area contributed by atoms with E-state index >= 15 is 0 Å². The molecule has 1 fully saturated rings. The first-order chi connectivity index (χ1) is 11.5. The second-order valence-corrected chi connectivity index (χ2v) is 6.89. The number of nitro groups is 1. The van der Waals surface area contributed by atoms with Crippen LogP contribution in [-0.2, 0) is 4.74 Å². The van der Waals surface area contributed by atoms with Crippen molar-refractivity contribution in [1.29, 1.82) is 0 Å². The van der Waals surface area contributed by atoms with Crippen molar-refractivity contribution >= 4 is 34.9 Å². The van der Waals surface area contributed by atoms with Crippen LogP contribution in [0.4, 0.5) is 11.5 Å². The number of rotatable bonds is 9. The van der Waals surface area contributed by atoms with Crippen molar-refractivity contribution in [3.05, 3.63) is 15.3 Å². The van der Waals surface area contributed by atoms with Crippen molar-refractivity contribution in [2.75, 3.05) is 24.3 Å². The Bertz CT molecular complexity index is 578. The first kappa shape index (κ1) is 19.2. The molecule has 0 aromatic carbocycles. The van der Waals surface area contributed by atoms with Gasteiger partial charge in [0.1, 0.15) is 0 Å². The molecule has 1 aromatic heterocycles. The van der Waals surface area contributed by atoms with Crippen molar-refractivity contribution < 1.29 is 14.8 Å². The molecule has 134 valence electrons. The van der Waals surface area contributed by atoms with Crippen molar-refractivity contribution in [2.45, 2.75) is 49.9 Å². The highest BCUT2D eigenvalue weighted by Gasteiger charge is 2.30. The van der Waals surface area contributed by atoms with E-state index in [2.05, 4.69) is 15.3 Å². The highest BCUT2D eigenvalue weighted by Crippen LogP contribution is 2.34. The second-order valence-electron chi connectivity index (χ2n) is 5.47. The summed E-state index contributed by atoms with van der Waals surface area (Å²) < 4.78 is 5.51. The molecule has 2 N–H and O–H groups in total. The third kappa shape index (κ3) is 5.17. The number of halogens is 1. The van der Waals surface area contributed by atoms with Gasteiger partial charge in [-0.25, -0.2) is 4.98 Å². The number of nitrogens with zero attached hydrogens (tertiary/aromatic N) is 3. The standard InChI is InChI=1S/C14H21ClN4O4S/c1-2-7-24-14-17-12(15)11(19(21)22)13(18-14)16-9-3-4-10(8-9)23-6-5-20/h9-10,20H,2-8H2,1H3,(H,16,17,18)/t9-,10+/m0/s1. The average Bonchev–Trinajstić information content (AvgIpc) is 2.97. The van der Waals surface area contributed by atoms with E-state index in [4.69, 9.17) is 21.4 Å². The summed E-state index contributed by atoms with van der Waals surface area (Å²) in [7, 11) is 0. The maximum atomic E-state index is 11.3. The Hall–Kier alpha value is -1.16. The molecular formula is C14H21ClN4O4S. The van der Waals surface area contributed by atoms with Crippen molar-refractivity contribution in [1.82, 2.24) is 9.97 Å². The first-order valence-electron chi connectivity index (χ1n) is 7.88. The number of nitrogens with one attached hydrogen (secondary N) is 1. The van der Waals surface area contributed by atoms with Crippen LogP contribution in [0.15, 0.2) is 5.16 Å². The molecule has 0 bridgehead atoms. The molecule has 1 aliphatic rings. The van der Waals surface area contributed by atoms with Gasteiger partial charge in [-0.3, -0.25) is 10.1 Å². The minimum absolute atomic E-state index is 0.0143. The minimum atomic E-state index is -0.562. The van der Waals surface area contributed by atoms with E-state index in [1.54, 1.807) is 0 Å². The fourth-order valence-corrected chi connectivity index (χ4v) is 3.55. The van der Waals surface area contributed by atoms with Crippen molar-refractivity contribution in [3.63, 3.8) is 0 Å². The third-order valence-electron chi connectivity index (χ3n) is 3.61. The van der Waals surface area contributed by atoms with Gasteiger partial charge >= 0.3 is 5.69 Å². The van der Waals surface area contributed by atoms with E-state index in [-0.39, 0.29) is 35.4 Å². The van der Waals surface area contributed by atoms with Gasteiger partial charge in [0.2, 0.25) is 11.0 Å². The lowest BCUT2D eigenvalue weighted by molar-refractivity contribution is -0.384. The quantitative estimate of drug-likeness (QED) is 0.222. The van der Waals surface area contributed by atoms with Gasteiger partial charge in [-0.05, 0) is 25.7 Å². The SMILES string of the molecule is CCCSc1nc(Cl)c([N+](=O)[O-])c(N[C@H]2CC[C@@H](OCCO)C2)n1. The van der Waals surface area contributed by atoms with E-state index in [0.29, 0.717) is 18.2 Å². The van der Waals surface area contributed by atoms with Gasteiger partial charge in [-0.2, -0.15) is 4.98 Å². The van der Waals surface area contributed by atoms with Gasteiger partial charge < -0.3 is 15.2 Å². The van der Waals surface area contributed by atoms with E-state index in [1.807, 2.05) is 6.92 Å². The molecule has 10 heteroatoms. The fourth-order valence-electron chi connectivity index (χ4n) is 2.56. The molecule has 1 saturated carbocycles. The Morgan fingerprint density at radius 1 is 1.50 bits per heavy atom. The summed E-state index contributed by atoms with van der Waals surface area (Å²) in [5.74, 6) is 0.972. The predicted molar refractivity (Wildman–Crippen MR) is 92.8 cm³/mol. The topological polar surface area (TPSA) is 110 Å². The maximum absolute atomic E-state index is 11.3. The number of thioether (sulfide) groups is 1. The number of ether oxygens (including phenoxy) is 1. The summed E-state index contributed by atoms with van der Waals surface area (Å²) in [4.78, 5) is 19.0. The number of anilines is 1. The van der Waals surface area contributed by atoms with Crippen molar-refractivity contribution in [2.24, 2.45) is 0 Å². The first-order valence-corrected chi connectivity index (χ1v) is 9.25.